The predicted octanol–water partition coefficient (Wildman–Crippen LogP) is 4.83. The fourth-order valence-electron chi connectivity index (χ4n) is 1.91. The van der Waals surface area contributed by atoms with Gasteiger partial charge in [-0.2, -0.15) is 5.26 Å². The number of anilines is 1. The van der Waals surface area contributed by atoms with Gasteiger partial charge in [-0.3, -0.25) is 0 Å². The maximum Gasteiger partial charge on any atom is 0.126 e. The van der Waals surface area contributed by atoms with E-state index in [1.54, 1.807) is 31.2 Å². The molecule has 0 fully saturated rings. The minimum absolute atomic E-state index is 0.0715. The van der Waals surface area contributed by atoms with Crippen LogP contribution in [-0.2, 0) is 0 Å². The van der Waals surface area contributed by atoms with Gasteiger partial charge in [0.15, 0.2) is 0 Å². The van der Waals surface area contributed by atoms with Crippen LogP contribution < -0.4 is 5.32 Å². The summed E-state index contributed by atoms with van der Waals surface area (Å²) in [6, 6.07) is 12.3. The normalized spacial score (nSPS) is 11.8. The molecule has 0 aliphatic carbocycles. The molecule has 2 aromatic carbocycles. The first-order valence-electron chi connectivity index (χ1n) is 6.23. The molecule has 0 saturated carbocycles. The monoisotopic (exact) mass is 288 g/mol. The van der Waals surface area contributed by atoms with Gasteiger partial charge < -0.3 is 5.32 Å². The van der Waals surface area contributed by atoms with Crippen molar-refractivity contribution in [3.63, 3.8) is 0 Å². The van der Waals surface area contributed by atoms with Crippen molar-refractivity contribution in [1.29, 1.82) is 5.26 Å². The summed E-state index contributed by atoms with van der Waals surface area (Å²) in [6.45, 7) is 3.67. The number of aryl methyl sites for hydroxylation is 1. The third kappa shape index (κ3) is 3.09. The van der Waals surface area contributed by atoms with Gasteiger partial charge in [0.1, 0.15) is 11.9 Å². The second-order valence-electron chi connectivity index (χ2n) is 4.68. The standard InChI is InChI=1S/C16H14ClFN2/c1-10-3-4-12(8-16(10)18)11(2)20-14-5-6-15(17)13(7-14)9-19/h3-8,11,20H,1-2H3. The van der Waals surface area contributed by atoms with Gasteiger partial charge >= 0.3 is 0 Å². The first-order valence-corrected chi connectivity index (χ1v) is 6.61. The van der Waals surface area contributed by atoms with Crippen LogP contribution in [0.4, 0.5) is 10.1 Å². The molecule has 0 heterocycles. The molecule has 20 heavy (non-hydrogen) atoms. The van der Waals surface area contributed by atoms with E-state index in [1.807, 2.05) is 19.1 Å². The van der Waals surface area contributed by atoms with E-state index in [0.29, 0.717) is 16.1 Å². The van der Waals surface area contributed by atoms with Gasteiger partial charge in [-0.1, -0.05) is 23.7 Å². The van der Waals surface area contributed by atoms with Gasteiger partial charge in [-0.15, -0.1) is 0 Å². The Labute approximate surface area is 122 Å². The largest absolute Gasteiger partial charge is 0.378 e. The van der Waals surface area contributed by atoms with E-state index in [1.165, 1.54) is 6.07 Å². The fourth-order valence-corrected chi connectivity index (χ4v) is 2.07. The average molecular weight is 289 g/mol. The Balaban J connectivity index is 2.21. The van der Waals surface area contributed by atoms with Crippen molar-refractivity contribution in [1.82, 2.24) is 0 Å². The van der Waals surface area contributed by atoms with Crippen molar-refractivity contribution in [3.05, 3.63) is 63.9 Å². The topological polar surface area (TPSA) is 35.8 Å². The number of halogens is 2. The summed E-state index contributed by atoms with van der Waals surface area (Å²) in [5.74, 6) is -0.218. The maximum absolute atomic E-state index is 13.6. The van der Waals surface area contributed by atoms with Crippen LogP contribution in [0.2, 0.25) is 5.02 Å². The molecule has 2 nitrogen and oxygen atoms in total. The van der Waals surface area contributed by atoms with Crippen LogP contribution in [0.5, 0.6) is 0 Å². The van der Waals surface area contributed by atoms with Crippen molar-refractivity contribution in [3.8, 4) is 6.07 Å². The number of nitrogens with one attached hydrogen (secondary N) is 1. The Kier molecular flexibility index (Phi) is 4.26. The zero-order chi connectivity index (χ0) is 14.7. The van der Waals surface area contributed by atoms with Crippen LogP contribution in [0.1, 0.15) is 29.7 Å². The summed E-state index contributed by atoms with van der Waals surface area (Å²) in [5.41, 5.74) is 2.67. The molecule has 4 heteroatoms. The van der Waals surface area contributed by atoms with Crippen LogP contribution in [0.3, 0.4) is 0 Å². The van der Waals surface area contributed by atoms with Crippen LogP contribution in [-0.4, -0.2) is 0 Å². The van der Waals surface area contributed by atoms with Crippen LogP contribution in [0.25, 0.3) is 0 Å². The van der Waals surface area contributed by atoms with Crippen molar-refractivity contribution in [2.45, 2.75) is 19.9 Å². The summed E-state index contributed by atoms with van der Waals surface area (Å²) < 4.78 is 13.6. The summed E-state index contributed by atoms with van der Waals surface area (Å²) in [6.07, 6.45) is 0. The van der Waals surface area contributed by atoms with Crippen molar-refractivity contribution in [2.24, 2.45) is 0 Å². The first-order chi connectivity index (χ1) is 9.51. The molecule has 2 rings (SSSR count). The Morgan fingerprint density at radius 1 is 1.25 bits per heavy atom. The lowest BCUT2D eigenvalue weighted by Gasteiger charge is -2.16. The minimum atomic E-state index is -0.218. The molecule has 2 aromatic rings. The predicted molar refractivity (Wildman–Crippen MR) is 79.3 cm³/mol. The number of rotatable bonds is 3. The third-order valence-corrected chi connectivity index (χ3v) is 3.50. The Hall–Kier alpha value is -2.05. The highest BCUT2D eigenvalue weighted by Gasteiger charge is 2.09. The van der Waals surface area contributed by atoms with Gasteiger partial charge in [-0.05, 0) is 49.2 Å². The van der Waals surface area contributed by atoms with E-state index in [9.17, 15) is 4.39 Å². The molecule has 0 bridgehead atoms. The molecule has 1 N–H and O–H groups in total. The number of hydrogen-bond acceptors (Lipinski definition) is 2. The van der Waals surface area contributed by atoms with Crippen molar-refractivity contribution < 1.29 is 4.39 Å². The average Bonchev–Trinajstić information content (AvgIpc) is 2.43. The molecule has 0 aliphatic rings. The molecule has 1 unspecified atom stereocenters. The van der Waals surface area contributed by atoms with Crippen molar-refractivity contribution >= 4 is 17.3 Å². The summed E-state index contributed by atoms with van der Waals surface area (Å²) in [5, 5.41) is 12.6. The van der Waals surface area contributed by atoms with Crippen LogP contribution in [0.15, 0.2) is 36.4 Å². The second kappa shape index (κ2) is 5.94. The van der Waals surface area contributed by atoms with E-state index in [4.69, 9.17) is 16.9 Å². The van der Waals surface area contributed by atoms with Gasteiger partial charge in [0.2, 0.25) is 0 Å². The molecule has 1 atom stereocenters. The lowest BCUT2D eigenvalue weighted by atomic mass is 10.1. The molecular weight excluding hydrogens is 275 g/mol. The van der Waals surface area contributed by atoms with Gasteiger partial charge in [0, 0.05) is 11.7 Å². The van der Waals surface area contributed by atoms with Crippen molar-refractivity contribution in [2.75, 3.05) is 5.32 Å². The first kappa shape index (κ1) is 14.4. The van der Waals surface area contributed by atoms with E-state index in [0.717, 1.165) is 11.3 Å². The fraction of sp³-hybridized carbons (Fsp3) is 0.188. The molecule has 102 valence electrons. The maximum atomic E-state index is 13.6. The highest BCUT2D eigenvalue weighted by atomic mass is 35.5. The molecule has 0 aliphatic heterocycles. The molecule has 0 amide bonds. The summed E-state index contributed by atoms with van der Waals surface area (Å²) >= 11 is 5.89. The zero-order valence-corrected chi connectivity index (χ0v) is 12.0. The molecule has 0 saturated heterocycles. The number of benzene rings is 2. The molecule has 0 aromatic heterocycles. The second-order valence-corrected chi connectivity index (χ2v) is 5.09. The quantitative estimate of drug-likeness (QED) is 0.878. The summed E-state index contributed by atoms with van der Waals surface area (Å²) in [4.78, 5) is 0. The van der Waals surface area contributed by atoms with Gasteiger partial charge in [-0.25, -0.2) is 4.39 Å². The number of nitriles is 1. The highest BCUT2D eigenvalue weighted by molar-refractivity contribution is 6.31. The van der Waals surface area contributed by atoms with Gasteiger partial charge in [0.25, 0.3) is 0 Å². The van der Waals surface area contributed by atoms with Crippen LogP contribution >= 0.6 is 11.6 Å². The van der Waals surface area contributed by atoms with E-state index >= 15 is 0 Å². The number of nitrogens with zero attached hydrogens (tertiary/aromatic N) is 1. The third-order valence-electron chi connectivity index (χ3n) is 3.17. The Bertz CT molecular complexity index is 677. The highest BCUT2D eigenvalue weighted by Crippen LogP contribution is 2.24. The Morgan fingerprint density at radius 3 is 2.65 bits per heavy atom. The summed E-state index contributed by atoms with van der Waals surface area (Å²) in [7, 11) is 0. The van der Waals surface area contributed by atoms with E-state index < -0.39 is 0 Å². The smallest absolute Gasteiger partial charge is 0.126 e. The molecule has 0 radical (unpaired) electrons. The number of hydrogen-bond donors (Lipinski definition) is 1. The Morgan fingerprint density at radius 2 is 2.00 bits per heavy atom. The van der Waals surface area contributed by atoms with E-state index in [-0.39, 0.29) is 11.9 Å². The lowest BCUT2D eigenvalue weighted by Crippen LogP contribution is -2.07. The zero-order valence-electron chi connectivity index (χ0n) is 11.2. The van der Waals surface area contributed by atoms with Gasteiger partial charge in [0.05, 0.1) is 10.6 Å². The minimum Gasteiger partial charge on any atom is -0.378 e. The van der Waals surface area contributed by atoms with Crippen LogP contribution in [0, 0.1) is 24.1 Å². The molecule has 0 spiro atoms. The molecular formula is C16H14ClFN2. The lowest BCUT2D eigenvalue weighted by molar-refractivity contribution is 0.614. The van der Waals surface area contributed by atoms with E-state index in [2.05, 4.69) is 5.32 Å². The SMILES string of the molecule is Cc1ccc(C(C)Nc2ccc(Cl)c(C#N)c2)cc1F.